The van der Waals surface area contributed by atoms with E-state index in [1.807, 2.05) is 0 Å². The van der Waals surface area contributed by atoms with Gasteiger partial charge in [0.25, 0.3) is 0 Å². The van der Waals surface area contributed by atoms with Crippen LogP contribution < -0.4 is 4.57 Å². The average molecular weight is 438 g/mol. The molecule has 0 fully saturated rings. The Hall–Kier alpha value is -1.64. The van der Waals surface area contributed by atoms with Gasteiger partial charge in [-0.15, -0.1) is 0 Å². The summed E-state index contributed by atoms with van der Waals surface area (Å²) >= 11 is 0. The Labute approximate surface area is 157 Å². The summed E-state index contributed by atoms with van der Waals surface area (Å²) < 4.78 is 101. The van der Waals surface area contributed by atoms with E-state index in [0.717, 1.165) is 0 Å². The van der Waals surface area contributed by atoms with Gasteiger partial charge in [0.05, 0.1) is 2.74 Å². The molecule has 13 heteroatoms. The smallest absolute Gasteiger partial charge is 0.433 e. The van der Waals surface area contributed by atoms with Crippen LogP contribution in [-0.4, -0.2) is 39.0 Å². The number of carbonyl (C=O) groups excluding carboxylic acids is 1. The van der Waals surface area contributed by atoms with Crippen LogP contribution in [0.3, 0.4) is 0 Å². The molecule has 154 valence electrons. The summed E-state index contributed by atoms with van der Waals surface area (Å²) in [7, 11) is -5.77. The van der Waals surface area contributed by atoms with E-state index in [1.165, 1.54) is 19.6 Å². The minimum absolute atomic E-state index is 0.262. The van der Waals surface area contributed by atoms with Gasteiger partial charge in [-0.1, -0.05) is 19.6 Å². The van der Waals surface area contributed by atoms with Crippen molar-refractivity contribution >= 4 is 28.5 Å². The number of nitrogens with zero attached hydrogens (tertiary/aromatic N) is 3. The zero-order valence-electron chi connectivity index (χ0n) is 17.5. The number of halogens is 6. The lowest BCUT2D eigenvalue weighted by atomic mass is 10.3. The van der Waals surface area contributed by atoms with Crippen molar-refractivity contribution in [2.24, 2.45) is 0 Å². The van der Waals surface area contributed by atoms with E-state index in [2.05, 4.69) is 9.97 Å². The molecule has 0 unspecified atom stereocenters. The summed E-state index contributed by atoms with van der Waals surface area (Å²) in [5.74, 6) is -2.60. The number of rotatable bonds is 5. The summed E-state index contributed by atoms with van der Waals surface area (Å²) in [5, 5.41) is 0. The van der Waals surface area contributed by atoms with Gasteiger partial charge in [-0.2, -0.15) is 26.3 Å². The predicted molar refractivity (Wildman–Crippen MR) is 92.2 cm³/mol. The van der Waals surface area contributed by atoms with Crippen LogP contribution in [0.5, 0.6) is 0 Å². The third-order valence-corrected chi connectivity index (χ3v) is 5.22. The number of hydrogen-bond donors (Lipinski definition) is 0. The van der Waals surface area contributed by atoms with Crippen LogP contribution in [0.1, 0.15) is 14.1 Å². The number of alkyl halides is 6. The molecule has 0 bridgehead atoms. The summed E-state index contributed by atoms with van der Waals surface area (Å²) in [5.41, 5.74) is -3.79. The van der Waals surface area contributed by atoms with Gasteiger partial charge < -0.3 is 8.99 Å². The fraction of sp³-hybridized carbons (Fsp3) is 0.643. The molecular weight excluding hydrogens is 415 g/mol. The first-order chi connectivity index (χ1) is 12.6. The quantitative estimate of drug-likeness (QED) is 0.293. The lowest BCUT2D eigenvalue weighted by Gasteiger charge is -2.34. The highest BCUT2D eigenvalue weighted by atomic mass is 28.4. The molecule has 1 heterocycles. The van der Waals surface area contributed by atoms with Gasteiger partial charge in [-0.05, 0) is 25.7 Å². The van der Waals surface area contributed by atoms with E-state index in [4.69, 9.17) is 7.17 Å². The Morgan fingerprint density at radius 1 is 1.04 bits per heavy atom. The molecule has 0 aromatic carbocycles. The van der Waals surface area contributed by atoms with Crippen molar-refractivity contribution in [2.75, 3.05) is 11.1 Å². The average Bonchev–Trinajstić information content (AvgIpc) is 2.41. The number of aromatic nitrogens is 2. The van der Waals surface area contributed by atoms with Crippen LogP contribution in [0.2, 0.25) is 39.3 Å². The molecule has 1 aromatic heterocycles. The molecule has 0 radical (unpaired) electrons. The first-order valence-corrected chi connectivity index (χ1v) is 14.5. The maximum absolute atomic E-state index is 13.1. The van der Waals surface area contributed by atoms with Gasteiger partial charge >= 0.3 is 18.3 Å². The van der Waals surface area contributed by atoms with Crippen LogP contribution in [0.25, 0.3) is 0 Å². The minimum atomic E-state index is -5.24. The topological polar surface area (TPSA) is 55.3 Å². The van der Waals surface area contributed by atoms with E-state index in [-0.39, 0.29) is 6.07 Å². The van der Waals surface area contributed by atoms with Crippen LogP contribution in [0, 0.1) is 0 Å². The second-order valence-electron chi connectivity index (χ2n) is 7.55. The van der Waals surface area contributed by atoms with Crippen molar-refractivity contribution in [3.05, 3.63) is 17.5 Å². The standard InChI is InChI=1S/C14H21F6N3O2Si2/c1-26(2,3)23(8-11(24)25-27(4,5)6)12-21-9(13(15,16)17)7-10(22-12)14(18,19)20/h7H,8H2,1-6H3/i8+1D2,11+1,23+1. The van der Waals surface area contributed by atoms with Crippen molar-refractivity contribution < 1.29 is 38.3 Å². The van der Waals surface area contributed by atoms with Crippen molar-refractivity contribution in [1.82, 2.24) is 9.97 Å². The summed E-state index contributed by atoms with van der Waals surface area (Å²) in [6.07, 6.45) is -10.5. The summed E-state index contributed by atoms with van der Waals surface area (Å²) in [6, 6.07) is -0.262. The monoisotopic (exact) mass is 438 g/mol. The van der Waals surface area contributed by atoms with Crippen LogP contribution in [0.15, 0.2) is 6.07 Å². The molecule has 0 aliphatic carbocycles. The van der Waals surface area contributed by atoms with Crippen LogP contribution in [0.4, 0.5) is 32.3 Å². The molecule has 0 aliphatic rings. The number of anilines is 1. The molecule has 0 amide bonds. The summed E-state index contributed by atoms with van der Waals surface area (Å²) in [6.45, 7) is 5.89. The summed E-state index contributed by atoms with van der Waals surface area (Å²) in [4.78, 5) is 18.7. The molecule has 27 heavy (non-hydrogen) atoms. The first kappa shape index (κ1) is 20.1. The lowest BCUT2D eigenvalue weighted by molar-refractivity contribution is -0.147. The maximum atomic E-state index is 13.1. The second kappa shape index (κ2) is 7.41. The molecule has 0 atom stereocenters. The molecule has 1 aromatic rings. The third kappa shape index (κ3) is 7.12. The Morgan fingerprint density at radius 3 is 1.74 bits per heavy atom. The lowest BCUT2D eigenvalue weighted by Crippen LogP contribution is -2.51. The Bertz CT molecular complexity index is 744. The third-order valence-electron chi connectivity index (χ3n) is 2.77. The van der Waals surface area contributed by atoms with Gasteiger partial charge in [-0.25, -0.2) is 9.97 Å². The van der Waals surface area contributed by atoms with Gasteiger partial charge in [0.15, 0.2) is 19.6 Å². The van der Waals surface area contributed by atoms with Crippen molar-refractivity contribution in [3.8, 4) is 0 Å². The molecule has 0 spiro atoms. The van der Waals surface area contributed by atoms with E-state index >= 15 is 0 Å². The van der Waals surface area contributed by atoms with E-state index in [0.29, 0.717) is 4.57 Å². The molecule has 0 aliphatic heterocycles. The highest BCUT2D eigenvalue weighted by molar-refractivity contribution is 6.80. The zero-order chi connectivity index (χ0) is 23.2. The maximum Gasteiger partial charge on any atom is 0.433 e. The van der Waals surface area contributed by atoms with Crippen LogP contribution in [-0.2, 0) is 21.6 Å². The van der Waals surface area contributed by atoms with Gasteiger partial charge in [-0.3, -0.25) is 4.79 Å². The van der Waals surface area contributed by atoms with Crippen molar-refractivity contribution in [2.45, 2.75) is 51.6 Å². The van der Waals surface area contributed by atoms with Gasteiger partial charge in [0.2, 0.25) is 14.3 Å². The molecule has 1 rings (SSSR count). The Morgan fingerprint density at radius 2 is 1.44 bits per heavy atom. The fourth-order valence-corrected chi connectivity index (χ4v) is 3.46. The van der Waals surface area contributed by atoms with Crippen molar-refractivity contribution in [3.63, 3.8) is 0 Å². The van der Waals surface area contributed by atoms with E-state index in [9.17, 15) is 31.1 Å². The highest BCUT2D eigenvalue weighted by Gasteiger charge is 2.41. The number of carbonyl (C=O) groups is 1. The SMILES string of the molecule is [2H][13C]([2H])([13C](=O)O[Si](C)(C)C)[15N](c1nc(C(F)(F)F)cc(C(F)(F)F)n1)[Si](C)(C)C. The van der Waals surface area contributed by atoms with Crippen molar-refractivity contribution in [1.29, 1.82) is 0 Å². The number of hydrogen-bond acceptors (Lipinski definition) is 5. The Kier molecular flexibility index (Phi) is 5.52. The normalized spacial score (nSPS) is 15.1. The molecular formula is C14H21F6N3O2Si2. The van der Waals surface area contributed by atoms with Gasteiger partial charge in [0, 0.05) is 0 Å². The molecule has 0 saturated heterocycles. The molecule has 5 nitrogen and oxygen atoms in total. The van der Waals surface area contributed by atoms with E-state index in [1.54, 1.807) is 19.6 Å². The zero-order valence-corrected chi connectivity index (χ0v) is 17.5. The molecule has 0 N–H and O–H groups in total. The fourth-order valence-electron chi connectivity index (χ4n) is 1.73. The highest BCUT2D eigenvalue weighted by Crippen LogP contribution is 2.35. The Balaban J connectivity index is 3.75. The van der Waals surface area contributed by atoms with Gasteiger partial charge in [0.1, 0.15) is 6.50 Å². The molecule has 0 saturated carbocycles. The minimum Gasteiger partial charge on any atom is -0.519 e. The van der Waals surface area contributed by atoms with Crippen LogP contribution >= 0.6 is 0 Å². The first-order valence-electron chi connectivity index (χ1n) is 8.64. The predicted octanol–water partition coefficient (Wildman–Crippen LogP) is 4.53. The largest absolute Gasteiger partial charge is 0.519 e. The van der Waals surface area contributed by atoms with E-state index < -0.39 is 58.7 Å². The second-order valence-corrected chi connectivity index (χ2v) is 16.8.